The first-order valence-electron chi connectivity index (χ1n) is 3.24. The number of carbonyl (C=O) groups excluding carboxylic acids is 1. The summed E-state index contributed by atoms with van der Waals surface area (Å²) in [4.78, 5) is 14.3. The topological polar surface area (TPSA) is 47.9 Å². The van der Waals surface area contributed by atoms with E-state index >= 15 is 0 Å². The SMILES string of the molecule is CC(=O)OCC1=NC=COC1. The third-order valence-corrected chi connectivity index (χ3v) is 1.11. The van der Waals surface area contributed by atoms with Gasteiger partial charge in [0.25, 0.3) is 0 Å². The van der Waals surface area contributed by atoms with E-state index in [0.29, 0.717) is 6.61 Å². The normalized spacial score (nSPS) is 15.2. The van der Waals surface area contributed by atoms with Gasteiger partial charge in [-0.3, -0.25) is 9.79 Å². The van der Waals surface area contributed by atoms with Crippen molar-refractivity contribution >= 4 is 11.7 Å². The van der Waals surface area contributed by atoms with Crippen LogP contribution in [0.1, 0.15) is 6.92 Å². The molecule has 0 bridgehead atoms. The van der Waals surface area contributed by atoms with Gasteiger partial charge in [-0.2, -0.15) is 0 Å². The Labute approximate surface area is 64.5 Å². The highest BCUT2D eigenvalue weighted by Gasteiger charge is 2.03. The zero-order valence-electron chi connectivity index (χ0n) is 6.24. The van der Waals surface area contributed by atoms with Gasteiger partial charge in [0.15, 0.2) is 0 Å². The van der Waals surface area contributed by atoms with Gasteiger partial charge in [-0.25, -0.2) is 0 Å². The second-order valence-electron chi connectivity index (χ2n) is 2.07. The van der Waals surface area contributed by atoms with E-state index in [9.17, 15) is 4.79 Å². The maximum Gasteiger partial charge on any atom is 0.303 e. The van der Waals surface area contributed by atoms with Crippen LogP contribution in [0.2, 0.25) is 0 Å². The molecule has 0 aromatic rings. The molecule has 0 fully saturated rings. The van der Waals surface area contributed by atoms with Gasteiger partial charge in [-0.15, -0.1) is 0 Å². The second kappa shape index (κ2) is 3.75. The summed E-state index contributed by atoms with van der Waals surface area (Å²) in [5, 5.41) is 0. The van der Waals surface area contributed by atoms with Gasteiger partial charge in [0.2, 0.25) is 0 Å². The Hall–Kier alpha value is -1.32. The van der Waals surface area contributed by atoms with Crippen LogP contribution in [0.5, 0.6) is 0 Å². The predicted octanol–water partition coefficient (Wildman–Crippen LogP) is 0.492. The van der Waals surface area contributed by atoms with Crippen molar-refractivity contribution in [2.45, 2.75) is 6.92 Å². The zero-order chi connectivity index (χ0) is 8.10. The molecule has 4 nitrogen and oxygen atoms in total. The molecule has 0 amide bonds. The molecule has 60 valence electrons. The van der Waals surface area contributed by atoms with Crippen LogP contribution < -0.4 is 0 Å². The van der Waals surface area contributed by atoms with E-state index in [-0.39, 0.29) is 12.6 Å². The van der Waals surface area contributed by atoms with Crippen LogP contribution in [0.15, 0.2) is 17.5 Å². The molecule has 11 heavy (non-hydrogen) atoms. The van der Waals surface area contributed by atoms with Crippen LogP contribution in [0.3, 0.4) is 0 Å². The smallest absolute Gasteiger partial charge is 0.303 e. The Kier molecular flexibility index (Phi) is 2.66. The number of carbonyl (C=O) groups is 1. The van der Waals surface area contributed by atoms with Crippen molar-refractivity contribution in [3.8, 4) is 0 Å². The van der Waals surface area contributed by atoms with E-state index in [1.165, 1.54) is 19.4 Å². The molecule has 0 aliphatic carbocycles. The molecule has 0 saturated carbocycles. The molecular formula is C7H9NO3. The fourth-order valence-corrected chi connectivity index (χ4v) is 0.624. The van der Waals surface area contributed by atoms with Crippen LogP contribution in [0.25, 0.3) is 0 Å². The number of aliphatic imine (C=N–C) groups is 1. The number of nitrogens with zero attached hydrogens (tertiary/aromatic N) is 1. The second-order valence-corrected chi connectivity index (χ2v) is 2.07. The molecule has 1 heterocycles. The highest BCUT2D eigenvalue weighted by Crippen LogP contribution is 1.93. The Bertz CT molecular complexity index is 208. The minimum absolute atomic E-state index is 0.222. The Morgan fingerprint density at radius 3 is 3.27 bits per heavy atom. The molecule has 0 N–H and O–H groups in total. The lowest BCUT2D eigenvalue weighted by atomic mass is 10.4. The van der Waals surface area contributed by atoms with Crippen molar-refractivity contribution in [3.05, 3.63) is 12.5 Å². The molecule has 0 saturated heterocycles. The van der Waals surface area contributed by atoms with Gasteiger partial charge in [0.05, 0.1) is 11.9 Å². The molecular weight excluding hydrogens is 146 g/mol. The molecule has 0 aromatic heterocycles. The summed E-state index contributed by atoms with van der Waals surface area (Å²) in [7, 11) is 0. The molecule has 4 heteroatoms. The van der Waals surface area contributed by atoms with Gasteiger partial charge in [0.1, 0.15) is 19.5 Å². The van der Waals surface area contributed by atoms with Gasteiger partial charge < -0.3 is 9.47 Å². The molecule has 0 unspecified atom stereocenters. The van der Waals surface area contributed by atoms with E-state index in [2.05, 4.69) is 4.99 Å². The summed E-state index contributed by atoms with van der Waals surface area (Å²) in [6.45, 7) is 1.99. The highest BCUT2D eigenvalue weighted by atomic mass is 16.5. The maximum absolute atomic E-state index is 10.4. The van der Waals surface area contributed by atoms with E-state index in [1.807, 2.05) is 0 Å². The van der Waals surface area contributed by atoms with Gasteiger partial charge in [-0.1, -0.05) is 0 Å². The average molecular weight is 155 g/mol. The van der Waals surface area contributed by atoms with Crippen molar-refractivity contribution in [1.82, 2.24) is 0 Å². The minimum Gasteiger partial charge on any atom is -0.494 e. The summed E-state index contributed by atoms with van der Waals surface area (Å²) in [6.07, 6.45) is 3.03. The third-order valence-electron chi connectivity index (χ3n) is 1.11. The first-order valence-corrected chi connectivity index (χ1v) is 3.24. The zero-order valence-corrected chi connectivity index (χ0v) is 6.24. The van der Waals surface area contributed by atoms with Gasteiger partial charge in [0, 0.05) is 6.92 Å². The fraction of sp³-hybridized carbons (Fsp3) is 0.429. The quantitative estimate of drug-likeness (QED) is 0.545. The van der Waals surface area contributed by atoms with E-state index < -0.39 is 0 Å². The number of hydrogen-bond donors (Lipinski definition) is 0. The van der Waals surface area contributed by atoms with Crippen molar-refractivity contribution in [2.75, 3.05) is 13.2 Å². The number of esters is 1. The van der Waals surface area contributed by atoms with Crippen molar-refractivity contribution in [1.29, 1.82) is 0 Å². The third kappa shape index (κ3) is 2.84. The summed E-state index contributed by atoms with van der Waals surface area (Å²) in [5.41, 5.74) is 0.725. The molecule has 0 spiro atoms. The molecule has 0 radical (unpaired) electrons. The summed E-state index contributed by atoms with van der Waals surface area (Å²) >= 11 is 0. The first-order chi connectivity index (χ1) is 5.29. The van der Waals surface area contributed by atoms with Gasteiger partial charge >= 0.3 is 5.97 Å². The first kappa shape index (κ1) is 7.78. The maximum atomic E-state index is 10.4. The number of rotatable bonds is 2. The Morgan fingerprint density at radius 1 is 1.91 bits per heavy atom. The van der Waals surface area contributed by atoms with Crippen LogP contribution >= 0.6 is 0 Å². The Balaban J connectivity index is 2.31. The van der Waals surface area contributed by atoms with Crippen LogP contribution in [0.4, 0.5) is 0 Å². The number of hydrogen-bond acceptors (Lipinski definition) is 4. The van der Waals surface area contributed by atoms with Crippen molar-refractivity contribution in [2.24, 2.45) is 4.99 Å². The predicted molar refractivity (Wildman–Crippen MR) is 39.2 cm³/mol. The molecule has 1 aliphatic rings. The standard InChI is InChI=1S/C7H9NO3/c1-6(9)11-5-7-4-10-3-2-8-7/h2-3H,4-5H2,1H3. The summed E-state index contributed by atoms with van der Waals surface area (Å²) < 4.78 is 9.61. The van der Waals surface area contributed by atoms with Gasteiger partial charge in [-0.05, 0) is 0 Å². The van der Waals surface area contributed by atoms with Crippen LogP contribution in [-0.2, 0) is 14.3 Å². The lowest BCUT2D eigenvalue weighted by molar-refractivity contribution is -0.139. The fourth-order valence-electron chi connectivity index (χ4n) is 0.624. The molecule has 0 atom stereocenters. The van der Waals surface area contributed by atoms with Crippen LogP contribution in [-0.4, -0.2) is 24.9 Å². The van der Waals surface area contributed by atoms with Crippen LogP contribution in [0, 0.1) is 0 Å². The monoisotopic (exact) mass is 155 g/mol. The minimum atomic E-state index is -0.303. The summed E-state index contributed by atoms with van der Waals surface area (Å²) in [6, 6.07) is 0. The number of ether oxygens (including phenoxy) is 2. The van der Waals surface area contributed by atoms with E-state index in [0.717, 1.165) is 5.71 Å². The van der Waals surface area contributed by atoms with E-state index in [1.54, 1.807) is 0 Å². The summed E-state index contributed by atoms with van der Waals surface area (Å²) in [5.74, 6) is -0.303. The molecule has 0 aromatic carbocycles. The van der Waals surface area contributed by atoms with Crippen molar-refractivity contribution in [3.63, 3.8) is 0 Å². The lowest BCUT2D eigenvalue weighted by Crippen LogP contribution is -2.17. The largest absolute Gasteiger partial charge is 0.494 e. The molecule has 1 aliphatic heterocycles. The Morgan fingerprint density at radius 2 is 2.73 bits per heavy atom. The van der Waals surface area contributed by atoms with E-state index in [4.69, 9.17) is 9.47 Å². The average Bonchev–Trinajstić information content (AvgIpc) is 2.03. The lowest BCUT2D eigenvalue weighted by Gasteiger charge is -2.07. The highest BCUT2D eigenvalue weighted by molar-refractivity contribution is 5.89. The van der Waals surface area contributed by atoms with Crippen molar-refractivity contribution < 1.29 is 14.3 Å². The molecule has 1 rings (SSSR count).